The first-order valence-electron chi connectivity index (χ1n) is 11.8. The normalized spacial score (nSPS) is 16.7. The van der Waals surface area contributed by atoms with Crippen LogP contribution >= 0.6 is 11.8 Å². The molecule has 1 fully saturated rings. The van der Waals surface area contributed by atoms with Crippen LogP contribution in [0.15, 0.2) is 83.9 Å². The van der Waals surface area contributed by atoms with Crippen molar-refractivity contribution in [1.29, 1.82) is 0 Å². The SMILES string of the molecule is COc1ccc(CCN2C(=O)C[C@H](C(=O)NCCc3ccccc3)SC2=Nc2ccc(F)cc2)cc1. The lowest BCUT2D eigenvalue weighted by molar-refractivity contribution is -0.130. The van der Waals surface area contributed by atoms with Crippen LogP contribution in [0.1, 0.15) is 17.5 Å². The van der Waals surface area contributed by atoms with Gasteiger partial charge in [-0.05, 0) is 60.4 Å². The largest absolute Gasteiger partial charge is 0.497 e. The number of amidine groups is 1. The van der Waals surface area contributed by atoms with Gasteiger partial charge in [0.15, 0.2) is 5.17 Å². The first kappa shape index (κ1) is 25.4. The van der Waals surface area contributed by atoms with E-state index in [0.717, 1.165) is 16.9 Å². The van der Waals surface area contributed by atoms with Crippen LogP contribution in [0.4, 0.5) is 10.1 Å². The monoisotopic (exact) mass is 505 g/mol. The van der Waals surface area contributed by atoms with Crippen LogP contribution in [0.5, 0.6) is 5.75 Å². The molecule has 3 aromatic carbocycles. The van der Waals surface area contributed by atoms with Crippen LogP contribution in [0.2, 0.25) is 0 Å². The lowest BCUT2D eigenvalue weighted by atomic mass is 10.1. The molecule has 0 bridgehead atoms. The summed E-state index contributed by atoms with van der Waals surface area (Å²) in [6.07, 6.45) is 1.42. The van der Waals surface area contributed by atoms with E-state index >= 15 is 0 Å². The number of thioether (sulfide) groups is 1. The van der Waals surface area contributed by atoms with Crippen molar-refractivity contribution >= 4 is 34.4 Å². The highest BCUT2D eigenvalue weighted by Crippen LogP contribution is 2.29. The maximum Gasteiger partial charge on any atom is 0.234 e. The first-order chi connectivity index (χ1) is 17.5. The van der Waals surface area contributed by atoms with Crippen LogP contribution in [0.3, 0.4) is 0 Å². The average molecular weight is 506 g/mol. The smallest absolute Gasteiger partial charge is 0.234 e. The molecule has 1 N–H and O–H groups in total. The third-order valence-electron chi connectivity index (χ3n) is 5.82. The second kappa shape index (κ2) is 12.4. The number of rotatable bonds is 9. The maximum absolute atomic E-state index is 13.4. The molecule has 36 heavy (non-hydrogen) atoms. The van der Waals surface area contributed by atoms with E-state index in [0.29, 0.717) is 36.8 Å². The van der Waals surface area contributed by atoms with Gasteiger partial charge in [-0.15, -0.1) is 0 Å². The molecule has 4 rings (SSSR count). The fourth-order valence-corrected chi connectivity index (χ4v) is 4.96. The summed E-state index contributed by atoms with van der Waals surface area (Å²) in [7, 11) is 1.62. The fourth-order valence-electron chi connectivity index (χ4n) is 3.81. The molecule has 1 heterocycles. The average Bonchev–Trinajstić information content (AvgIpc) is 2.90. The van der Waals surface area contributed by atoms with Crippen molar-refractivity contribution in [3.05, 3.63) is 95.8 Å². The molecule has 0 spiro atoms. The minimum Gasteiger partial charge on any atom is -0.497 e. The number of aliphatic imine (C=N–C) groups is 1. The molecular formula is C28H28FN3O3S. The van der Waals surface area contributed by atoms with Crippen molar-refractivity contribution in [2.24, 2.45) is 4.99 Å². The van der Waals surface area contributed by atoms with Crippen LogP contribution in [-0.2, 0) is 22.4 Å². The van der Waals surface area contributed by atoms with E-state index in [1.807, 2.05) is 54.6 Å². The number of halogens is 1. The van der Waals surface area contributed by atoms with Gasteiger partial charge in [0.1, 0.15) is 11.6 Å². The van der Waals surface area contributed by atoms with Gasteiger partial charge in [0, 0.05) is 19.5 Å². The van der Waals surface area contributed by atoms with Crippen molar-refractivity contribution < 1.29 is 18.7 Å². The van der Waals surface area contributed by atoms with Crippen molar-refractivity contribution in [3.63, 3.8) is 0 Å². The third kappa shape index (κ3) is 6.95. The molecular weight excluding hydrogens is 477 g/mol. The summed E-state index contributed by atoms with van der Waals surface area (Å²) < 4.78 is 18.6. The second-order valence-corrected chi connectivity index (χ2v) is 9.52. The Kier molecular flexibility index (Phi) is 8.73. The molecule has 3 aromatic rings. The molecule has 8 heteroatoms. The Bertz CT molecular complexity index is 1200. The number of carbonyl (C=O) groups excluding carboxylic acids is 2. The van der Waals surface area contributed by atoms with Crippen molar-refractivity contribution in [2.75, 3.05) is 20.2 Å². The molecule has 0 saturated carbocycles. The zero-order valence-electron chi connectivity index (χ0n) is 20.0. The number of nitrogens with zero attached hydrogens (tertiary/aromatic N) is 2. The minimum atomic E-state index is -0.579. The van der Waals surface area contributed by atoms with E-state index < -0.39 is 5.25 Å². The van der Waals surface area contributed by atoms with Gasteiger partial charge >= 0.3 is 0 Å². The summed E-state index contributed by atoms with van der Waals surface area (Å²) in [4.78, 5) is 32.3. The Labute approximate surface area is 214 Å². The molecule has 1 aliphatic heterocycles. The molecule has 0 aliphatic carbocycles. The van der Waals surface area contributed by atoms with Gasteiger partial charge in [0.05, 0.1) is 18.0 Å². The number of hydrogen-bond acceptors (Lipinski definition) is 5. The Hall–Kier alpha value is -3.65. The van der Waals surface area contributed by atoms with Crippen molar-refractivity contribution in [2.45, 2.75) is 24.5 Å². The number of hydrogen-bond donors (Lipinski definition) is 1. The Morgan fingerprint density at radius 1 is 1.03 bits per heavy atom. The predicted molar refractivity (Wildman–Crippen MR) is 141 cm³/mol. The number of benzene rings is 3. The summed E-state index contributed by atoms with van der Waals surface area (Å²) in [6.45, 7) is 0.903. The molecule has 0 radical (unpaired) electrons. The van der Waals surface area contributed by atoms with E-state index in [9.17, 15) is 14.0 Å². The summed E-state index contributed by atoms with van der Waals surface area (Å²) >= 11 is 1.27. The number of nitrogens with one attached hydrogen (secondary N) is 1. The Morgan fingerprint density at radius 2 is 1.72 bits per heavy atom. The van der Waals surface area contributed by atoms with Crippen LogP contribution in [0, 0.1) is 5.82 Å². The lowest BCUT2D eigenvalue weighted by Crippen LogP contribution is -2.47. The number of ether oxygens (including phenoxy) is 1. The fraction of sp³-hybridized carbons (Fsp3) is 0.250. The second-order valence-electron chi connectivity index (χ2n) is 8.35. The third-order valence-corrected chi connectivity index (χ3v) is 7.01. The topological polar surface area (TPSA) is 71.0 Å². The summed E-state index contributed by atoms with van der Waals surface area (Å²) in [6, 6.07) is 23.3. The van der Waals surface area contributed by atoms with Crippen molar-refractivity contribution in [1.82, 2.24) is 10.2 Å². The standard InChI is InChI=1S/C28H28FN3O3S/c1-35-24-13-7-21(8-14-24)16-18-32-26(33)19-25(27(34)30-17-15-20-5-3-2-4-6-20)36-28(32)31-23-11-9-22(29)10-12-23/h2-14,25H,15-19H2,1H3,(H,30,34)/t25-/m1/s1. The summed E-state index contributed by atoms with van der Waals surface area (Å²) in [5.74, 6) is 0.0543. The number of methoxy groups -OCH3 is 1. The summed E-state index contributed by atoms with van der Waals surface area (Å²) in [5.41, 5.74) is 2.70. The maximum atomic E-state index is 13.4. The molecule has 0 unspecified atom stereocenters. The van der Waals surface area contributed by atoms with Gasteiger partial charge in [0.25, 0.3) is 0 Å². The number of carbonyl (C=O) groups is 2. The highest BCUT2D eigenvalue weighted by molar-refractivity contribution is 8.15. The predicted octanol–water partition coefficient (Wildman–Crippen LogP) is 4.76. The molecule has 2 amide bonds. The van der Waals surface area contributed by atoms with Gasteiger partial charge in [-0.25, -0.2) is 9.38 Å². The zero-order chi connectivity index (χ0) is 25.3. The van der Waals surface area contributed by atoms with Gasteiger partial charge in [-0.1, -0.05) is 54.2 Å². The van der Waals surface area contributed by atoms with E-state index in [1.165, 1.54) is 23.9 Å². The van der Waals surface area contributed by atoms with E-state index in [4.69, 9.17) is 4.74 Å². The van der Waals surface area contributed by atoms with Crippen LogP contribution < -0.4 is 10.1 Å². The highest BCUT2D eigenvalue weighted by atomic mass is 32.2. The number of amides is 2. The molecule has 1 aliphatic rings. The van der Waals surface area contributed by atoms with Crippen molar-refractivity contribution in [3.8, 4) is 5.75 Å². The molecule has 186 valence electrons. The van der Waals surface area contributed by atoms with Gasteiger partial charge in [0.2, 0.25) is 11.8 Å². The lowest BCUT2D eigenvalue weighted by Gasteiger charge is -2.32. The highest BCUT2D eigenvalue weighted by Gasteiger charge is 2.35. The van der Waals surface area contributed by atoms with E-state index in [-0.39, 0.29) is 24.1 Å². The van der Waals surface area contributed by atoms with Gasteiger partial charge in [-0.2, -0.15) is 0 Å². The van der Waals surface area contributed by atoms with E-state index in [2.05, 4.69) is 10.3 Å². The Morgan fingerprint density at radius 3 is 2.42 bits per heavy atom. The first-order valence-corrected chi connectivity index (χ1v) is 12.7. The van der Waals surface area contributed by atoms with Crippen LogP contribution in [-0.4, -0.2) is 47.3 Å². The summed E-state index contributed by atoms with van der Waals surface area (Å²) in [5, 5.41) is 2.81. The van der Waals surface area contributed by atoms with Gasteiger partial charge in [-0.3, -0.25) is 14.5 Å². The van der Waals surface area contributed by atoms with Crippen LogP contribution in [0.25, 0.3) is 0 Å². The molecule has 1 atom stereocenters. The molecule has 6 nitrogen and oxygen atoms in total. The zero-order valence-corrected chi connectivity index (χ0v) is 20.8. The minimum absolute atomic E-state index is 0.0902. The quantitative estimate of drug-likeness (QED) is 0.455. The Balaban J connectivity index is 1.45. The van der Waals surface area contributed by atoms with E-state index in [1.54, 1.807) is 24.1 Å². The molecule has 0 aromatic heterocycles. The van der Waals surface area contributed by atoms with Gasteiger partial charge < -0.3 is 10.1 Å². The molecule has 1 saturated heterocycles.